The van der Waals surface area contributed by atoms with Crippen LogP contribution in [0.3, 0.4) is 0 Å². The molecule has 0 spiro atoms. The van der Waals surface area contributed by atoms with Crippen molar-refractivity contribution in [3.8, 4) is 0 Å². The molecule has 0 saturated carbocycles. The standard InChI is InChI=1S/C12H13BrN4O2/c13-8-5-17(6-9(18)19)12-10(8)11(14-7-15-12)16-3-1-2-4-16/h5,7H,1-4,6H2,(H,18,19). The van der Waals surface area contributed by atoms with Crippen LogP contribution in [-0.4, -0.2) is 38.7 Å². The van der Waals surface area contributed by atoms with Crippen molar-refractivity contribution in [2.45, 2.75) is 19.4 Å². The van der Waals surface area contributed by atoms with Crippen LogP contribution < -0.4 is 4.90 Å². The number of fused-ring (bicyclic) bond motifs is 1. The number of aromatic nitrogens is 3. The van der Waals surface area contributed by atoms with Gasteiger partial charge in [-0.1, -0.05) is 0 Å². The number of carboxylic acid groups (broad SMARTS) is 1. The number of rotatable bonds is 3. The molecule has 1 fully saturated rings. The Labute approximate surface area is 118 Å². The molecule has 1 aliphatic heterocycles. The lowest BCUT2D eigenvalue weighted by Gasteiger charge is -2.17. The van der Waals surface area contributed by atoms with Gasteiger partial charge < -0.3 is 14.6 Å². The number of halogens is 1. The molecule has 1 N–H and O–H groups in total. The summed E-state index contributed by atoms with van der Waals surface area (Å²) in [5.74, 6) is 0.00393. The number of carboxylic acids is 1. The van der Waals surface area contributed by atoms with Gasteiger partial charge in [0.1, 0.15) is 24.3 Å². The van der Waals surface area contributed by atoms with E-state index in [9.17, 15) is 4.79 Å². The predicted molar refractivity (Wildman–Crippen MR) is 74.3 cm³/mol. The SMILES string of the molecule is O=C(O)Cn1cc(Br)c2c(N3CCCC3)ncnc21. The van der Waals surface area contributed by atoms with Gasteiger partial charge in [0.2, 0.25) is 0 Å². The van der Waals surface area contributed by atoms with Crippen LogP contribution in [0.5, 0.6) is 0 Å². The summed E-state index contributed by atoms with van der Waals surface area (Å²) >= 11 is 3.49. The summed E-state index contributed by atoms with van der Waals surface area (Å²) < 4.78 is 2.47. The van der Waals surface area contributed by atoms with E-state index in [1.165, 1.54) is 19.2 Å². The summed E-state index contributed by atoms with van der Waals surface area (Å²) in [6.07, 6.45) is 5.59. The van der Waals surface area contributed by atoms with Crippen LogP contribution in [0.15, 0.2) is 17.0 Å². The molecule has 0 radical (unpaired) electrons. The molecule has 3 heterocycles. The number of nitrogens with zero attached hydrogens (tertiary/aromatic N) is 4. The fraction of sp³-hybridized carbons (Fsp3) is 0.417. The molecule has 2 aromatic rings. The van der Waals surface area contributed by atoms with Crippen LogP contribution in [0, 0.1) is 0 Å². The van der Waals surface area contributed by atoms with E-state index < -0.39 is 5.97 Å². The minimum absolute atomic E-state index is 0.0987. The highest BCUT2D eigenvalue weighted by Gasteiger charge is 2.21. The second-order valence-corrected chi connectivity index (χ2v) is 5.44. The number of carbonyl (C=O) groups is 1. The van der Waals surface area contributed by atoms with E-state index in [1.807, 2.05) is 0 Å². The predicted octanol–water partition coefficient (Wildman–Crippen LogP) is 1.88. The topological polar surface area (TPSA) is 71.2 Å². The van der Waals surface area contributed by atoms with E-state index in [0.717, 1.165) is 28.8 Å². The molecule has 0 aromatic carbocycles. The first-order valence-electron chi connectivity index (χ1n) is 6.13. The molecule has 1 aliphatic rings. The number of hydrogen-bond donors (Lipinski definition) is 1. The average molecular weight is 325 g/mol. The zero-order chi connectivity index (χ0) is 13.4. The molecule has 1 saturated heterocycles. The van der Waals surface area contributed by atoms with Gasteiger partial charge in [-0.3, -0.25) is 4.79 Å². The average Bonchev–Trinajstić information content (AvgIpc) is 2.98. The summed E-state index contributed by atoms with van der Waals surface area (Å²) in [6, 6.07) is 0. The summed E-state index contributed by atoms with van der Waals surface area (Å²) in [7, 11) is 0. The highest BCUT2D eigenvalue weighted by Crippen LogP contribution is 2.33. The highest BCUT2D eigenvalue weighted by atomic mass is 79.9. The fourth-order valence-electron chi connectivity index (χ4n) is 2.50. The third kappa shape index (κ3) is 2.18. The number of hydrogen-bond acceptors (Lipinski definition) is 4. The Kier molecular flexibility index (Phi) is 3.14. The van der Waals surface area contributed by atoms with Crippen molar-refractivity contribution in [1.29, 1.82) is 0 Å². The molecular weight excluding hydrogens is 312 g/mol. The number of aliphatic carboxylic acids is 1. The Bertz CT molecular complexity index is 634. The molecule has 6 nitrogen and oxygen atoms in total. The van der Waals surface area contributed by atoms with E-state index in [1.54, 1.807) is 10.8 Å². The van der Waals surface area contributed by atoms with Crippen molar-refractivity contribution < 1.29 is 9.90 Å². The molecule has 0 aliphatic carbocycles. The van der Waals surface area contributed by atoms with Crippen molar-refractivity contribution in [1.82, 2.24) is 14.5 Å². The normalized spacial score (nSPS) is 15.3. The van der Waals surface area contributed by atoms with Crippen LogP contribution in [0.25, 0.3) is 11.0 Å². The highest BCUT2D eigenvalue weighted by molar-refractivity contribution is 9.10. The monoisotopic (exact) mass is 324 g/mol. The molecule has 0 unspecified atom stereocenters. The minimum Gasteiger partial charge on any atom is -0.480 e. The van der Waals surface area contributed by atoms with Gasteiger partial charge in [0.15, 0.2) is 0 Å². The van der Waals surface area contributed by atoms with Gasteiger partial charge in [-0.2, -0.15) is 0 Å². The van der Waals surface area contributed by atoms with Crippen molar-refractivity contribution in [3.63, 3.8) is 0 Å². The largest absolute Gasteiger partial charge is 0.480 e. The van der Waals surface area contributed by atoms with Gasteiger partial charge in [0.05, 0.1) is 5.39 Å². The first-order valence-corrected chi connectivity index (χ1v) is 6.92. The Morgan fingerprint density at radius 3 is 2.79 bits per heavy atom. The minimum atomic E-state index is -0.884. The van der Waals surface area contributed by atoms with Gasteiger partial charge in [0, 0.05) is 23.8 Å². The zero-order valence-electron chi connectivity index (χ0n) is 10.2. The van der Waals surface area contributed by atoms with Gasteiger partial charge in [-0.05, 0) is 28.8 Å². The summed E-state index contributed by atoms with van der Waals surface area (Å²) in [6.45, 7) is 1.88. The van der Waals surface area contributed by atoms with Crippen LogP contribution >= 0.6 is 15.9 Å². The van der Waals surface area contributed by atoms with Crippen LogP contribution in [0.2, 0.25) is 0 Å². The van der Waals surface area contributed by atoms with Gasteiger partial charge in [-0.25, -0.2) is 9.97 Å². The molecule has 2 aromatic heterocycles. The third-order valence-corrected chi connectivity index (χ3v) is 3.90. The van der Waals surface area contributed by atoms with E-state index in [2.05, 4.69) is 30.8 Å². The molecule has 7 heteroatoms. The molecule has 0 bridgehead atoms. The Morgan fingerprint density at radius 2 is 2.11 bits per heavy atom. The van der Waals surface area contributed by atoms with Crippen LogP contribution in [-0.2, 0) is 11.3 Å². The summed E-state index contributed by atoms with van der Waals surface area (Å²) in [5.41, 5.74) is 0.658. The van der Waals surface area contributed by atoms with E-state index in [0.29, 0.717) is 5.65 Å². The first-order chi connectivity index (χ1) is 9.16. The van der Waals surface area contributed by atoms with Gasteiger partial charge >= 0.3 is 5.97 Å². The Balaban J connectivity index is 2.14. The van der Waals surface area contributed by atoms with Crippen molar-refractivity contribution in [3.05, 3.63) is 17.0 Å². The Morgan fingerprint density at radius 1 is 1.37 bits per heavy atom. The van der Waals surface area contributed by atoms with Crippen LogP contribution in [0.1, 0.15) is 12.8 Å². The van der Waals surface area contributed by atoms with Gasteiger partial charge in [0.25, 0.3) is 0 Å². The maximum atomic E-state index is 10.9. The summed E-state index contributed by atoms with van der Waals surface area (Å²) in [5, 5.41) is 9.82. The van der Waals surface area contributed by atoms with E-state index in [-0.39, 0.29) is 6.54 Å². The second-order valence-electron chi connectivity index (χ2n) is 4.59. The Hall–Kier alpha value is -1.63. The first kappa shape index (κ1) is 12.4. The molecule has 100 valence electrons. The van der Waals surface area contributed by atoms with Crippen molar-refractivity contribution >= 4 is 38.8 Å². The van der Waals surface area contributed by atoms with Crippen LogP contribution in [0.4, 0.5) is 5.82 Å². The quantitative estimate of drug-likeness (QED) is 0.933. The summed E-state index contributed by atoms with van der Waals surface area (Å²) in [4.78, 5) is 21.7. The maximum absolute atomic E-state index is 10.9. The zero-order valence-corrected chi connectivity index (χ0v) is 11.8. The molecule has 0 atom stereocenters. The second kappa shape index (κ2) is 4.80. The van der Waals surface area contributed by atoms with Gasteiger partial charge in [-0.15, -0.1) is 0 Å². The van der Waals surface area contributed by atoms with E-state index >= 15 is 0 Å². The maximum Gasteiger partial charge on any atom is 0.323 e. The lowest BCUT2D eigenvalue weighted by molar-refractivity contribution is -0.137. The molecule has 19 heavy (non-hydrogen) atoms. The lowest BCUT2D eigenvalue weighted by Crippen LogP contribution is -2.19. The van der Waals surface area contributed by atoms with Crippen molar-refractivity contribution in [2.24, 2.45) is 0 Å². The molecular formula is C12H13BrN4O2. The fourth-order valence-corrected chi connectivity index (χ4v) is 3.10. The van der Waals surface area contributed by atoms with E-state index in [4.69, 9.17) is 5.11 Å². The number of anilines is 1. The molecule has 3 rings (SSSR count). The molecule has 0 amide bonds. The smallest absolute Gasteiger partial charge is 0.323 e. The lowest BCUT2D eigenvalue weighted by atomic mass is 10.3. The van der Waals surface area contributed by atoms with Crippen molar-refractivity contribution in [2.75, 3.05) is 18.0 Å². The third-order valence-electron chi connectivity index (χ3n) is 3.30.